The molecule has 0 atom stereocenters. The molecule has 0 fully saturated rings. The summed E-state index contributed by atoms with van der Waals surface area (Å²) in [6.07, 6.45) is 0.902. The van der Waals surface area contributed by atoms with Crippen LogP contribution in [0, 0.1) is 6.92 Å². The van der Waals surface area contributed by atoms with Crippen LogP contribution < -0.4 is 10.1 Å². The average molecular weight is 334 g/mol. The molecule has 1 heterocycles. The zero-order chi connectivity index (χ0) is 17.8. The second-order valence-electron chi connectivity index (χ2n) is 6.06. The summed E-state index contributed by atoms with van der Waals surface area (Å²) in [5.74, 6) is 0.732. The lowest BCUT2D eigenvalue weighted by molar-refractivity contribution is 0.0955. The molecule has 0 unspecified atom stereocenters. The molecule has 0 aliphatic heterocycles. The van der Waals surface area contributed by atoms with Crippen LogP contribution in [0.5, 0.6) is 5.75 Å². The van der Waals surface area contributed by atoms with Crippen LogP contribution in [0.15, 0.2) is 48.5 Å². The third-order valence-corrected chi connectivity index (χ3v) is 4.13. The largest absolute Gasteiger partial charge is 0.497 e. The number of nitrogens with zero attached hydrogens (tertiary/aromatic N) is 1. The molecule has 1 N–H and O–H groups in total. The summed E-state index contributed by atoms with van der Waals surface area (Å²) < 4.78 is 5.21. The highest BCUT2D eigenvalue weighted by molar-refractivity contribution is 6.07. The molecule has 1 amide bonds. The Balaban J connectivity index is 2.13. The van der Waals surface area contributed by atoms with E-state index in [0.717, 1.165) is 39.9 Å². The smallest absolute Gasteiger partial charge is 0.252 e. The van der Waals surface area contributed by atoms with Crippen LogP contribution >= 0.6 is 0 Å². The number of aromatic nitrogens is 1. The van der Waals surface area contributed by atoms with Crippen LogP contribution in [0.25, 0.3) is 22.2 Å². The van der Waals surface area contributed by atoms with Gasteiger partial charge in [-0.05, 0) is 55.8 Å². The monoisotopic (exact) mass is 334 g/mol. The van der Waals surface area contributed by atoms with Crippen molar-refractivity contribution in [2.24, 2.45) is 0 Å². The maximum absolute atomic E-state index is 12.7. The highest BCUT2D eigenvalue weighted by Gasteiger charge is 2.14. The van der Waals surface area contributed by atoms with E-state index in [0.29, 0.717) is 12.1 Å². The molecule has 3 rings (SSSR count). The third-order valence-electron chi connectivity index (χ3n) is 4.13. The molecule has 0 radical (unpaired) electrons. The molecule has 25 heavy (non-hydrogen) atoms. The van der Waals surface area contributed by atoms with Crippen molar-refractivity contribution in [3.05, 3.63) is 59.7 Å². The highest BCUT2D eigenvalue weighted by atomic mass is 16.5. The first kappa shape index (κ1) is 17.0. The molecule has 0 spiro atoms. The van der Waals surface area contributed by atoms with Crippen molar-refractivity contribution in [3.8, 4) is 17.0 Å². The normalized spacial score (nSPS) is 10.7. The second-order valence-corrected chi connectivity index (χ2v) is 6.06. The van der Waals surface area contributed by atoms with Crippen molar-refractivity contribution in [2.75, 3.05) is 13.7 Å². The van der Waals surface area contributed by atoms with Gasteiger partial charge >= 0.3 is 0 Å². The standard InChI is InChI=1S/C21H22N2O2/c1-4-11-22-21(24)18-13-20(15-6-8-16(25-3)9-7-15)23-19-10-5-14(2)12-17(18)19/h5-10,12-13H,4,11H2,1-3H3,(H,22,24). The molecule has 4 nitrogen and oxygen atoms in total. The minimum atomic E-state index is -0.0605. The molecular weight excluding hydrogens is 312 g/mol. The van der Waals surface area contributed by atoms with Crippen LogP contribution in [0.3, 0.4) is 0 Å². The van der Waals surface area contributed by atoms with E-state index < -0.39 is 0 Å². The number of carbonyl (C=O) groups is 1. The van der Waals surface area contributed by atoms with E-state index in [-0.39, 0.29) is 5.91 Å². The number of fused-ring (bicyclic) bond motifs is 1. The van der Waals surface area contributed by atoms with E-state index in [4.69, 9.17) is 9.72 Å². The Kier molecular flexibility index (Phi) is 4.98. The number of carbonyl (C=O) groups excluding carboxylic acids is 1. The molecule has 1 aromatic heterocycles. The minimum Gasteiger partial charge on any atom is -0.497 e. The molecule has 4 heteroatoms. The summed E-state index contributed by atoms with van der Waals surface area (Å²) in [5, 5.41) is 3.85. The van der Waals surface area contributed by atoms with Crippen molar-refractivity contribution in [2.45, 2.75) is 20.3 Å². The van der Waals surface area contributed by atoms with Gasteiger partial charge in [-0.25, -0.2) is 4.98 Å². The van der Waals surface area contributed by atoms with Gasteiger partial charge < -0.3 is 10.1 Å². The number of rotatable bonds is 5. The molecule has 0 bridgehead atoms. The lowest BCUT2D eigenvalue weighted by Gasteiger charge is -2.11. The Morgan fingerprint density at radius 2 is 1.88 bits per heavy atom. The fourth-order valence-corrected chi connectivity index (χ4v) is 2.77. The van der Waals surface area contributed by atoms with Crippen molar-refractivity contribution in [1.82, 2.24) is 10.3 Å². The fourth-order valence-electron chi connectivity index (χ4n) is 2.77. The number of hydrogen-bond donors (Lipinski definition) is 1. The molecular formula is C21H22N2O2. The quantitative estimate of drug-likeness (QED) is 0.754. The zero-order valence-electron chi connectivity index (χ0n) is 14.8. The number of pyridine rings is 1. The summed E-state index contributed by atoms with van der Waals surface area (Å²) in [6, 6.07) is 15.6. The van der Waals surface area contributed by atoms with Gasteiger partial charge in [0.25, 0.3) is 5.91 Å². The summed E-state index contributed by atoms with van der Waals surface area (Å²) in [5.41, 5.74) is 4.32. The number of nitrogens with one attached hydrogen (secondary N) is 1. The van der Waals surface area contributed by atoms with Gasteiger partial charge in [-0.15, -0.1) is 0 Å². The Morgan fingerprint density at radius 3 is 2.56 bits per heavy atom. The van der Waals surface area contributed by atoms with Gasteiger partial charge in [0, 0.05) is 17.5 Å². The topological polar surface area (TPSA) is 51.2 Å². The predicted octanol–water partition coefficient (Wildman–Crippen LogP) is 4.36. The number of hydrogen-bond acceptors (Lipinski definition) is 3. The predicted molar refractivity (Wildman–Crippen MR) is 101 cm³/mol. The number of methoxy groups -OCH3 is 1. The third kappa shape index (κ3) is 3.63. The van der Waals surface area contributed by atoms with E-state index in [1.807, 2.05) is 62.4 Å². The number of benzene rings is 2. The highest BCUT2D eigenvalue weighted by Crippen LogP contribution is 2.27. The van der Waals surface area contributed by atoms with Gasteiger partial charge in [-0.1, -0.05) is 18.6 Å². The molecule has 128 valence electrons. The van der Waals surface area contributed by atoms with Gasteiger partial charge in [0.05, 0.1) is 23.9 Å². The van der Waals surface area contributed by atoms with Crippen LogP contribution in [0.2, 0.25) is 0 Å². The Hall–Kier alpha value is -2.88. The van der Waals surface area contributed by atoms with Gasteiger partial charge in [-0.3, -0.25) is 4.79 Å². The Bertz CT molecular complexity index is 902. The summed E-state index contributed by atoms with van der Waals surface area (Å²) in [4.78, 5) is 17.4. The van der Waals surface area contributed by atoms with Crippen molar-refractivity contribution in [1.29, 1.82) is 0 Å². The number of amides is 1. The Morgan fingerprint density at radius 1 is 1.12 bits per heavy atom. The van der Waals surface area contributed by atoms with Crippen molar-refractivity contribution in [3.63, 3.8) is 0 Å². The van der Waals surface area contributed by atoms with Gasteiger partial charge in [-0.2, -0.15) is 0 Å². The minimum absolute atomic E-state index is 0.0605. The van der Waals surface area contributed by atoms with E-state index in [9.17, 15) is 4.79 Å². The Labute approximate surface area is 147 Å². The summed E-state index contributed by atoms with van der Waals surface area (Å²) >= 11 is 0. The van der Waals surface area contributed by atoms with Crippen LogP contribution in [0.1, 0.15) is 29.3 Å². The van der Waals surface area contributed by atoms with Crippen molar-refractivity contribution < 1.29 is 9.53 Å². The zero-order valence-corrected chi connectivity index (χ0v) is 14.8. The first-order valence-electron chi connectivity index (χ1n) is 8.46. The number of ether oxygens (including phenoxy) is 1. The van der Waals surface area contributed by atoms with Crippen LogP contribution in [-0.2, 0) is 0 Å². The summed E-state index contributed by atoms with van der Waals surface area (Å²) in [6.45, 7) is 4.72. The molecule has 0 saturated heterocycles. The molecule has 0 aliphatic carbocycles. The average Bonchev–Trinajstić information content (AvgIpc) is 2.65. The lowest BCUT2D eigenvalue weighted by atomic mass is 10.0. The van der Waals surface area contributed by atoms with E-state index >= 15 is 0 Å². The number of aryl methyl sites for hydroxylation is 1. The van der Waals surface area contributed by atoms with Gasteiger partial charge in [0.2, 0.25) is 0 Å². The molecule has 2 aromatic carbocycles. The maximum atomic E-state index is 12.7. The van der Waals surface area contributed by atoms with Crippen LogP contribution in [-0.4, -0.2) is 24.5 Å². The fraction of sp³-hybridized carbons (Fsp3) is 0.238. The van der Waals surface area contributed by atoms with E-state index in [1.165, 1.54) is 0 Å². The van der Waals surface area contributed by atoms with Gasteiger partial charge in [0.1, 0.15) is 5.75 Å². The van der Waals surface area contributed by atoms with Crippen LogP contribution in [0.4, 0.5) is 0 Å². The maximum Gasteiger partial charge on any atom is 0.252 e. The first-order chi connectivity index (χ1) is 12.1. The van der Waals surface area contributed by atoms with E-state index in [1.54, 1.807) is 7.11 Å². The summed E-state index contributed by atoms with van der Waals surface area (Å²) in [7, 11) is 1.64. The second kappa shape index (κ2) is 7.34. The van der Waals surface area contributed by atoms with Gasteiger partial charge in [0.15, 0.2) is 0 Å². The SMILES string of the molecule is CCCNC(=O)c1cc(-c2ccc(OC)cc2)nc2ccc(C)cc12. The van der Waals surface area contributed by atoms with E-state index in [2.05, 4.69) is 5.32 Å². The molecule has 0 saturated carbocycles. The lowest BCUT2D eigenvalue weighted by Crippen LogP contribution is -2.24. The van der Waals surface area contributed by atoms with Crippen molar-refractivity contribution >= 4 is 16.8 Å². The molecule has 3 aromatic rings. The first-order valence-corrected chi connectivity index (χ1v) is 8.46. The molecule has 0 aliphatic rings.